The second kappa shape index (κ2) is 9.02. The van der Waals surface area contributed by atoms with Crippen molar-refractivity contribution in [2.75, 3.05) is 4.90 Å². The zero-order chi connectivity index (χ0) is 24.5. The van der Waals surface area contributed by atoms with Gasteiger partial charge in [0, 0.05) is 22.1 Å². The van der Waals surface area contributed by atoms with E-state index in [1.54, 1.807) is 36.1 Å². The minimum absolute atomic E-state index is 0.0411. The van der Waals surface area contributed by atoms with Gasteiger partial charge in [0.2, 0.25) is 0 Å². The highest BCUT2D eigenvalue weighted by atomic mass is 19.1. The molecule has 0 radical (unpaired) electrons. The van der Waals surface area contributed by atoms with Crippen LogP contribution in [-0.4, -0.2) is 22.6 Å². The SMILES string of the molecule is CCC(=NNC(=O)c1ccc(CN2C(=O)c3cccc4cccc2c34)cc1)c1cc(F)ccc1O. The van der Waals surface area contributed by atoms with E-state index in [0.29, 0.717) is 29.8 Å². The van der Waals surface area contributed by atoms with Gasteiger partial charge in [0.1, 0.15) is 11.6 Å². The molecule has 0 unspecified atom stereocenters. The van der Waals surface area contributed by atoms with E-state index in [2.05, 4.69) is 10.5 Å². The highest BCUT2D eigenvalue weighted by Crippen LogP contribution is 2.38. The van der Waals surface area contributed by atoms with Crippen LogP contribution < -0.4 is 10.3 Å². The number of benzene rings is 4. The summed E-state index contributed by atoms with van der Waals surface area (Å²) in [6, 6.07) is 22.1. The molecule has 0 atom stereocenters. The van der Waals surface area contributed by atoms with Crippen LogP contribution in [0.1, 0.15) is 45.2 Å². The fourth-order valence-electron chi connectivity index (χ4n) is 4.33. The number of hydrogen-bond donors (Lipinski definition) is 2. The lowest BCUT2D eigenvalue weighted by Gasteiger charge is -2.18. The predicted octanol–water partition coefficient (Wildman–Crippen LogP) is 5.39. The molecule has 5 rings (SSSR count). The maximum atomic E-state index is 13.6. The van der Waals surface area contributed by atoms with Crippen molar-refractivity contribution in [3.8, 4) is 5.75 Å². The molecule has 0 fully saturated rings. The zero-order valence-corrected chi connectivity index (χ0v) is 19.0. The second-order valence-corrected chi connectivity index (χ2v) is 8.28. The Labute approximate surface area is 201 Å². The quantitative estimate of drug-likeness (QED) is 0.295. The van der Waals surface area contributed by atoms with Gasteiger partial charge in [0.25, 0.3) is 11.8 Å². The number of hydrazone groups is 1. The van der Waals surface area contributed by atoms with Gasteiger partial charge in [-0.3, -0.25) is 9.59 Å². The van der Waals surface area contributed by atoms with E-state index in [1.165, 1.54) is 12.1 Å². The van der Waals surface area contributed by atoms with Gasteiger partial charge in [-0.2, -0.15) is 5.10 Å². The molecule has 1 heterocycles. The molecule has 0 saturated heterocycles. The molecule has 0 bridgehead atoms. The Bertz CT molecular complexity index is 1490. The number of amides is 2. The molecule has 1 aliphatic rings. The molecule has 0 spiro atoms. The molecule has 4 aromatic rings. The summed E-state index contributed by atoms with van der Waals surface area (Å²) in [5, 5.41) is 16.1. The van der Waals surface area contributed by atoms with Gasteiger partial charge in [-0.15, -0.1) is 0 Å². The fourth-order valence-corrected chi connectivity index (χ4v) is 4.33. The maximum absolute atomic E-state index is 13.6. The predicted molar refractivity (Wildman–Crippen MR) is 133 cm³/mol. The number of aromatic hydroxyl groups is 1. The Kier molecular flexibility index (Phi) is 5.74. The van der Waals surface area contributed by atoms with E-state index >= 15 is 0 Å². The summed E-state index contributed by atoms with van der Waals surface area (Å²) >= 11 is 0. The normalized spacial score (nSPS) is 12.9. The number of halogens is 1. The average Bonchev–Trinajstić information content (AvgIpc) is 3.14. The van der Waals surface area contributed by atoms with Gasteiger partial charge in [0.05, 0.1) is 17.9 Å². The lowest BCUT2D eigenvalue weighted by molar-refractivity contribution is 0.0953. The first kappa shape index (κ1) is 22.3. The van der Waals surface area contributed by atoms with Crippen molar-refractivity contribution in [3.05, 3.63) is 107 Å². The van der Waals surface area contributed by atoms with Crippen molar-refractivity contribution >= 4 is 34.0 Å². The molecule has 7 heteroatoms. The minimum atomic E-state index is -0.503. The summed E-state index contributed by atoms with van der Waals surface area (Å²) in [6.07, 6.45) is 0.384. The Morgan fingerprint density at radius 3 is 2.51 bits per heavy atom. The van der Waals surface area contributed by atoms with E-state index in [-0.39, 0.29) is 17.2 Å². The summed E-state index contributed by atoms with van der Waals surface area (Å²) < 4.78 is 13.6. The summed E-state index contributed by atoms with van der Waals surface area (Å²) in [5.74, 6) is -1.09. The van der Waals surface area contributed by atoms with Crippen LogP contribution in [0.15, 0.2) is 84.0 Å². The number of carbonyl (C=O) groups excluding carboxylic acids is 2. The van der Waals surface area contributed by atoms with Crippen molar-refractivity contribution in [1.29, 1.82) is 0 Å². The van der Waals surface area contributed by atoms with Gasteiger partial charge in [-0.1, -0.05) is 43.3 Å². The topological polar surface area (TPSA) is 82.0 Å². The number of phenolic OH excluding ortho intramolecular Hbond substituents is 1. The molecular weight excluding hydrogens is 445 g/mol. The van der Waals surface area contributed by atoms with E-state index < -0.39 is 11.7 Å². The Balaban J connectivity index is 1.31. The van der Waals surface area contributed by atoms with Crippen LogP contribution in [0.2, 0.25) is 0 Å². The van der Waals surface area contributed by atoms with Crippen LogP contribution in [0.4, 0.5) is 10.1 Å². The number of carbonyl (C=O) groups is 2. The first-order valence-electron chi connectivity index (χ1n) is 11.2. The Morgan fingerprint density at radius 2 is 1.77 bits per heavy atom. The van der Waals surface area contributed by atoms with Gasteiger partial charge in [-0.25, -0.2) is 9.82 Å². The van der Waals surface area contributed by atoms with E-state index in [9.17, 15) is 19.1 Å². The number of nitrogens with zero attached hydrogens (tertiary/aromatic N) is 2. The van der Waals surface area contributed by atoms with Gasteiger partial charge in [-0.05, 0) is 59.8 Å². The molecular formula is C28H22FN3O3. The summed E-state index contributed by atoms with van der Waals surface area (Å²) in [6.45, 7) is 2.17. The number of hydrogen-bond acceptors (Lipinski definition) is 4. The van der Waals surface area contributed by atoms with Crippen molar-refractivity contribution in [2.45, 2.75) is 19.9 Å². The van der Waals surface area contributed by atoms with Crippen LogP contribution in [0, 0.1) is 5.82 Å². The van der Waals surface area contributed by atoms with Crippen LogP contribution in [0.25, 0.3) is 10.8 Å². The second-order valence-electron chi connectivity index (χ2n) is 8.28. The van der Waals surface area contributed by atoms with Gasteiger partial charge < -0.3 is 10.0 Å². The highest BCUT2D eigenvalue weighted by Gasteiger charge is 2.29. The minimum Gasteiger partial charge on any atom is -0.507 e. The third-order valence-electron chi connectivity index (χ3n) is 6.10. The largest absolute Gasteiger partial charge is 0.507 e. The van der Waals surface area contributed by atoms with Crippen LogP contribution in [0.5, 0.6) is 5.75 Å². The molecule has 2 amide bonds. The van der Waals surface area contributed by atoms with E-state index in [4.69, 9.17) is 0 Å². The molecule has 0 saturated carbocycles. The van der Waals surface area contributed by atoms with Gasteiger partial charge in [0.15, 0.2) is 0 Å². The first-order valence-corrected chi connectivity index (χ1v) is 11.2. The van der Waals surface area contributed by atoms with E-state index in [1.807, 2.05) is 36.4 Å². The number of nitrogens with one attached hydrogen (secondary N) is 1. The fraction of sp³-hybridized carbons (Fsp3) is 0.107. The summed E-state index contributed by atoms with van der Waals surface area (Å²) in [5.41, 5.74) is 5.90. The third kappa shape index (κ3) is 4.12. The van der Waals surface area contributed by atoms with Crippen molar-refractivity contribution in [1.82, 2.24) is 5.43 Å². The lowest BCUT2D eigenvalue weighted by Crippen LogP contribution is -2.26. The third-order valence-corrected chi connectivity index (χ3v) is 6.10. The van der Waals surface area contributed by atoms with Crippen LogP contribution >= 0.6 is 0 Å². The molecule has 35 heavy (non-hydrogen) atoms. The Hall–Kier alpha value is -4.52. The molecule has 1 aliphatic heterocycles. The average molecular weight is 468 g/mol. The lowest BCUT2D eigenvalue weighted by atomic mass is 10.1. The number of phenols is 1. The molecule has 6 nitrogen and oxygen atoms in total. The molecule has 0 aliphatic carbocycles. The molecule has 0 aromatic heterocycles. The molecule has 174 valence electrons. The van der Waals surface area contributed by atoms with Crippen molar-refractivity contribution in [2.24, 2.45) is 5.10 Å². The molecule has 2 N–H and O–H groups in total. The standard InChI is InChI=1S/C28H22FN3O3/c1-2-23(22-15-20(29)13-14-25(22)33)30-31-27(34)19-11-9-17(10-12-19)16-32-24-8-4-6-18-5-3-7-21(26(18)24)28(32)35/h3-15,33H,2,16H2,1H3,(H,31,34). The smallest absolute Gasteiger partial charge is 0.271 e. The van der Waals surface area contributed by atoms with Gasteiger partial charge >= 0.3 is 0 Å². The van der Waals surface area contributed by atoms with Crippen LogP contribution in [-0.2, 0) is 6.54 Å². The summed E-state index contributed by atoms with van der Waals surface area (Å²) in [7, 11) is 0. The molecule has 4 aromatic carbocycles. The number of anilines is 1. The maximum Gasteiger partial charge on any atom is 0.271 e. The highest BCUT2D eigenvalue weighted by molar-refractivity contribution is 6.24. The van der Waals surface area contributed by atoms with E-state index in [0.717, 1.165) is 28.1 Å². The van der Waals surface area contributed by atoms with Crippen LogP contribution in [0.3, 0.4) is 0 Å². The van der Waals surface area contributed by atoms with Crippen molar-refractivity contribution < 1.29 is 19.1 Å². The summed E-state index contributed by atoms with van der Waals surface area (Å²) in [4.78, 5) is 27.4. The zero-order valence-electron chi connectivity index (χ0n) is 19.0. The van der Waals surface area contributed by atoms with Crippen molar-refractivity contribution in [3.63, 3.8) is 0 Å². The first-order chi connectivity index (χ1) is 17.0. The number of rotatable bonds is 6. The monoisotopic (exact) mass is 467 g/mol. The Morgan fingerprint density at radius 1 is 1.03 bits per heavy atom.